The number of rotatable bonds is 5. The topological polar surface area (TPSA) is 60.9 Å². The van der Waals surface area contributed by atoms with Gasteiger partial charge in [0.2, 0.25) is 10.0 Å². The van der Waals surface area contributed by atoms with Crippen molar-refractivity contribution in [3.63, 3.8) is 0 Å². The van der Waals surface area contributed by atoms with E-state index in [1.807, 2.05) is 24.3 Å². The van der Waals surface area contributed by atoms with E-state index >= 15 is 0 Å². The van der Waals surface area contributed by atoms with E-state index in [-0.39, 0.29) is 5.91 Å². The number of carbonyl (C=O) groups is 1. The van der Waals surface area contributed by atoms with Crippen LogP contribution in [0.1, 0.15) is 35.7 Å². The van der Waals surface area contributed by atoms with Gasteiger partial charge in [-0.25, -0.2) is 8.42 Å². The Balaban J connectivity index is 1.33. The van der Waals surface area contributed by atoms with Crippen LogP contribution in [0, 0.1) is 5.92 Å². The molecule has 2 fully saturated rings. The van der Waals surface area contributed by atoms with Crippen LogP contribution in [-0.4, -0.2) is 67.7 Å². The number of piperazine rings is 1. The molecule has 2 heterocycles. The summed E-state index contributed by atoms with van der Waals surface area (Å²) in [5.41, 5.74) is 1.89. The first-order valence-electron chi connectivity index (χ1n) is 11.1. The fourth-order valence-electron chi connectivity index (χ4n) is 4.50. The average Bonchev–Trinajstić information content (AvgIpc) is 2.80. The summed E-state index contributed by atoms with van der Waals surface area (Å²) in [6.45, 7) is 6.94. The number of carbonyl (C=O) groups excluding carboxylic acids is 1. The molecule has 2 aromatic rings. The third-order valence-corrected chi connectivity index (χ3v) is 8.17. The van der Waals surface area contributed by atoms with Gasteiger partial charge in [0, 0.05) is 44.8 Å². The van der Waals surface area contributed by atoms with Crippen molar-refractivity contribution < 1.29 is 13.2 Å². The lowest BCUT2D eigenvalue weighted by Gasteiger charge is -2.34. The molecule has 2 aromatic carbocycles. The second-order valence-corrected chi connectivity index (χ2v) is 10.6. The molecule has 0 bridgehead atoms. The first kappa shape index (κ1) is 22.0. The first-order chi connectivity index (χ1) is 14.9. The molecule has 0 aliphatic carbocycles. The van der Waals surface area contributed by atoms with Gasteiger partial charge >= 0.3 is 0 Å². The van der Waals surface area contributed by atoms with Gasteiger partial charge in [0.15, 0.2) is 0 Å². The third-order valence-electron chi connectivity index (χ3n) is 6.26. The van der Waals surface area contributed by atoms with Gasteiger partial charge in [-0.05, 0) is 55.1 Å². The molecule has 0 spiro atoms. The van der Waals surface area contributed by atoms with E-state index in [0.717, 1.165) is 25.6 Å². The van der Waals surface area contributed by atoms with Gasteiger partial charge < -0.3 is 4.90 Å². The van der Waals surface area contributed by atoms with E-state index in [0.29, 0.717) is 36.6 Å². The van der Waals surface area contributed by atoms with E-state index in [4.69, 9.17) is 0 Å². The largest absolute Gasteiger partial charge is 0.336 e. The molecule has 1 atom stereocenters. The summed E-state index contributed by atoms with van der Waals surface area (Å²) in [5.74, 6) is 0.717. The number of amides is 1. The Bertz CT molecular complexity index is 984. The third kappa shape index (κ3) is 5.17. The van der Waals surface area contributed by atoms with Gasteiger partial charge in [-0.1, -0.05) is 37.3 Å². The van der Waals surface area contributed by atoms with Crippen LogP contribution in [0.15, 0.2) is 59.5 Å². The summed E-state index contributed by atoms with van der Waals surface area (Å²) in [5, 5.41) is 0. The van der Waals surface area contributed by atoms with Crippen molar-refractivity contribution in [1.82, 2.24) is 14.1 Å². The van der Waals surface area contributed by atoms with Crippen molar-refractivity contribution in [2.75, 3.05) is 39.3 Å². The molecule has 0 aromatic heterocycles. The Morgan fingerprint density at radius 2 is 1.61 bits per heavy atom. The smallest absolute Gasteiger partial charge is 0.253 e. The van der Waals surface area contributed by atoms with Gasteiger partial charge in [0.25, 0.3) is 5.91 Å². The molecule has 6 nitrogen and oxygen atoms in total. The maximum Gasteiger partial charge on any atom is 0.253 e. The second-order valence-electron chi connectivity index (χ2n) is 8.69. The number of nitrogens with zero attached hydrogens (tertiary/aromatic N) is 3. The van der Waals surface area contributed by atoms with Gasteiger partial charge in [0.1, 0.15) is 0 Å². The Hall–Kier alpha value is -2.22. The molecule has 4 rings (SSSR count). The van der Waals surface area contributed by atoms with Crippen LogP contribution in [0.25, 0.3) is 0 Å². The van der Waals surface area contributed by atoms with Gasteiger partial charge in [0.05, 0.1) is 4.90 Å². The second kappa shape index (κ2) is 9.51. The predicted octanol–water partition coefficient (Wildman–Crippen LogP) is 3.07. The van der Waals surface area contributed by atoms with Crippen LogP contribution in [0.2, 0.25) is 0 Å². The molecule has 0 saturated carbocycles. The summed E-state index contributed by atoms with van der Waals surface area (Å²) >= 11 is 0. The first-order valence-corrected chi connectivity index (χ1v) is 12.5. The zero-order valence-corrected chi connectivity index (χ0v) is 18.9. The molecule has 0 N–H and O–H groups in total. The fraction of sp³-hybridized carbons (Fsp3) is 0.458. The lowest BCUT2D eigenvalue weighted by Crippen LogP contribution is -2.50. The standard InChI is InChI=1S/C24H31N3O3S/c1-20-6-5-13-25(18-20)19-21-9-11-22(12-10-21)24(28)26-14-16-27(17-15-26)31(29,30)23-7-3-2-4-8-23/h2-4,7-12,20H,5-6,13-19H2,1H3/t20-/m0/s1. The average molecular weight is 442 g/mol. The van der Waals surface area contributed by atoms with E-state index in [1.165, 1.54) is 22.7 Å². The van der Waals surface area contributed by atoms with E-state index in [1.54, 1.807) is 35.2 Å². The van der Waals surface area contributed by atoms with Crippen LogP contribution in [0.3, 0.4) is 0 Å². The normalized spacial score (nSPS) is 21.2. The van der Waals surface area contributed by atoms with E-state index in [9.17, 15) is 13.2 Å². The Labute approximate surface area is 185 Å². The minimum atomic E-state index is -3.51. The van der Waals surface area contributed by atoms with Crippen molar-refractivity contribution in [3.8, 4) is 0 Å². The highest BCUT2D eigenvalue weighted by Gasteiger charge is 2.30. The van der Waals surface area contributed by atoms with Crippen molar-refractivity contribution in [3.05, 3.63) is 65.7 Å². The molecule has 0 radical (unpaired) electrons. The van der Waals surface area contributed by atoms with Gasteiger partial charge in [-0.3, -0.25) is 9.69 Å². The molecular weight excluding hydrogens is 410 g/mol. The van der Waals surface area contributed by atoms with E-state index < -0.39 is 10.0 Å². The highest BCUT2D eigenvalue weighted by Crippen LogP contribution is 2.20. The summed E-state index contributed by atoms with van der Waals surface area (Å²) in [6, 6.07) is 16.4. The zero-order valence-electron chi connectivity index (χ0n) is 18.1. The summed E-state index contributed by atoms with van der Waals surface area (Å²) in [7, 11) is -3.51. The summed E-state index contributed by atoms with van der Waals surface area (Å²) in [4.78, 5) is 17.4. The van der Waals surface area contributed by atoms with Crippen LogP contribution in [-0.2, 0) is 16.6 Å². The molecule has 31 heavy (non-hydrogen) atoms. The quantitative estimate of drug-likeness (QED) is 0.716. The Morgan fingerprint density at radius 3 is 2.26 bits per heavy atom. The molecule has 0 unspecified atom stereocenters. The lowest BCUT2D eigenvalue weighted by atomic mass is 9.99. The number of hydrogen-bond acceptors (Lipinski definition) is 4. The predicted molar refractivity (Wildman–Crippen MR) is 121 cm³/mol. The number of piperidine rings is 1. The summed E-state index contributed by atoms with van der Waals surface area (Å²) < 4.78 is 27.0. The van der Waals surface area contributed by atoms with Crippen molar-refractivity contribution in [1.29, 1.82) is 0 Å². The van der Waals surface area contributed by atoms with Crippen LogP contribution in [0.5, 0.6) is 0 Å². The molecular formula is C24H31N3O3S. The number of hydrogen-bond donors (Lipinski definition) is 0. The molecule has 2 aliphatic heterocycles. The van der Waals surface area contributed by atoms with Crippen LogP contribution < -0.4 is 0 Å². The van der Waals surface area contributed by atoms with Crippen molar-refractivity contribution in [2.45, 2.75) is 31.2 Å². The van der Waals surface area contributed by atoms with Gasteiger partial charge in [-0.15, -0.1) is 0 Å². The monoisotopic (exact) mass is 441 g/mol. The minimum absolute atomic E-state index is 0.0325. The molecule has 2 saturated heterocycles. The van der Waals surface area contributed by atoms with Crippen LogP contribution >= 0.6 is 0 Å². The highest BCUT2D eigenvalue weighted by atomic mass is 32.2. The zero-order chi connectivity index (χ0) is 21.8. The molecule has 1 amide bonds. The fourth-order valence-corrected chi connectivity index (χ4v) is 5.94. The van der Waals surface area contributed by atoms with Crippen molar-refractivity contribution in [2.24, 2.45) is 5.92 Å². The molecule has 2 aliphatic rings. The Kier molecular flexibility index (Phi) is 6.74. The summed E-state index contributed by atoms with van der Waals surface area (Å²) in [6.07, 6.45) is 2.56. The maximum atomic E-state index is 12.9. The minimum Gasteiger partial charge on any atom is -0.336 e. The van der Waals surface area contributed by atoms with Gasteiger partial charge in [-0.2, -0.15) is 4.31 Å². The maximum absolute atomic E-state index is 12.9. The lowest BCUT2D eigenvalue weighted by molar-refractivity contribution is 0.0698. The Morgan fingerprint density at radius 1 is 0.935 bits per heavy atom. The molecule has 7 heteroatoms. The number of benzene rings is 2. The molecule has 166 valence electrons. The SMILES string of the molecule is C[C@H]1CCCN(Cc2ccc(C(=O)N3CCN(S(=O)(=O)c4ccccc4)CC3)cc2)C1. The van der Waals surface area contributed by atoms with Crippen molar-refractivity contribution >= 4 is 15.9 Å². The van der Waals surface area contributed by atoms with E-state index in [2.05, 4.69) is 11.8 Å². The number of likely N-dealkylation sites (tertiary alicyclic amines) is 1. The number of sulfonamides is 1. The highest BCUT2D eigenvalue weighted by molar-refractivity contribution is 7.89. The van der Waals surface area contributed by atoms with Crippen LogP contribution in [0.4, 0.5) is 0 Å².